The molecule has 8 heterocycles. The van der Waals surface area contributed by atoms with Gasteiger partial charge in [0.25, 0.3) is 0 Å². The Hall–Kier alpha value is -4.86. The third kappa shape index (κ3) is 6.62. The van der Waals surface area contributed by atoms with Crippen LogP contribution in [-0.4, -0.2) is 0 Å². The Balaban J connectivity index is 1.62. The van der Waals surface area contributed by atoms with Crippen LogP contribution in [0.2, 0.25) is 0 Å². The van der Waals surface area contributed by atoms with Gasteiger partial charge in [-0.15, -0.1) is 45.3 Å². The maximum absolute atomic E-state index is 2.37. The summed E-state index contributed by atoms with van der Waals surface area (Å²) < 4.78 is 8.65. The molecule has 8 rings (SSSR count). The second-order valence-electron chi connectivity index (χ2n) is 14.1. The van der Waals surface area contributed by atoms with E-state index in [1.54, 1.807) is 0 Å². The predicted molar refractivity (Wildman–Crippen MR) is 228 cm³/mol. The van der Waals surface area contributed by atoms with Crippen molar-refractivity contribution < 1.29 is 18.3 Å². The van der Waals surface area contributed by atoms with Crippen LogP contribution in [0.3, 0.4) is 0 Å². The summed E-state index contributed by atoms with van der Waals surface area (Å²) in [7, 11) is 8.46. The lowest BCUT2D eigenvalue weighted by Gasteiger charge is -2.23. The van der Waals surface area contributed by atoms with E-state index in [1.807, 2.05) is 45.3 Å². The fraction of sp³-hybridized carbons (Fsp3) is 0.174. The van der Waals surface area contributed by atoms with Crippen LogP contribution in [0.25, 0.3) is 55.7 Å². The first-order valence-electron chi connectivity index (χ1n) is 18.0. The van der Waals surface area contributed by atoms with E-state index in [0.717, 1.165) is 0 Å². The highest BCUT2D eigenvalue weighted by Crippen LogP contribution is 2.53. The second-order valence-corrected chi connectivity index (χ2v) is 18.4. The normalized spacial score (nSPS) is 11.3. The standard InChI is InChI=1S/C46H44N4S4/c1-29-41(37(25-51-29)33-13-9-17-47(5)21-33)45(42-30(2)52-26-38(42)34-14-10-18-48(6)22-34)46(43-31(3)53-27-39(43)35-15-11-19-49(7)23-35)44-32(4)54-28-40(44)36-16-12-20-50(8)24-36/h9-28H,1-8H3/q+4. The molecule has 0 aliphatic carbocycles. The van der Waals surface area contributed by atoms with E-state index in [-0.39, 0.29) is 0 Å². The van der Waals surface area contributed by atoms with E-state index in [1.165, 1.54) is 97.4 Å². The summed E-state index contributed by atoms with van der Waals surface area (Å²) in [6.07, 6.45) is 17.5. The number of hydrogen-bond acceptors (Lipinski definition) is 4. The second kappa shape index (κ2) is 14.8. The SMILES string of the molecule is Cc1scc(-c2ccc[n+](C)c2)c1C(=C(c1c(-c2ccc[n+](C)c2)csc1C)c1c(-c2ccc[n+](C)c2)csc1C)c1c(-c2ccc[n+](C)c2)csc1C. The van der Waals surface area contributed by atoms with Gasteiger partial charge in [0.15, 0.2) is 49.6 Å². The van der Waals surface area contributed by atoms with Crippen LogP contribution < -0.4 is 18.3 Å². The number of aromatic nitrogens is 4. The topological polar surface area (TPSA) is 15.5 Å². The fourth-order valence-electron chi connectivity index (χ4n) is 7.65. The van der Waals surface area contributed by atoms with E-state index < -0.39 is 0 Å². The molecule has 54 heavy (non-hydrogen) atoms. The molecule has 268 valence electrons. The molecule has 0 N–H and O–H groups in total. The summed E-state index contributed by atoms with van der Waals surface area (Å²) in [6.45, 7) is 9.24. The lowest BCUT2D eigenvalue weighted by Crippen LogP contribution is -2.26. The first kappa shape index (κ1) is 36.1. The van der Waals surface area contributed by atoms with E-state index in [9.17, 15) is 0 Å². The Kier molecular flexibility index (Phi) is 9.87. The van der Waals surface area contributed by atoms with Crippen LogP contribution in [0, 0.1) is 27.7 Å². The number of rotatable bonds is 8. The summed E-state index contributed by atoms with van der Waals surface area (Å²) in [5.74, 6) is 0. The zero-order chi connectivity index (χ0) is 37.7. The van der Waals surface area contributed by atoms with Crippen molar-refractivity contribution in [3.63, 3.8) is 0 Å². The van der Waals surface area contributed by atoms with Crippen molar-refractivity contribution in [1.82, 2.24) is 0 Å². The number of aryl methyl sites for hydroxylation is 8. The van der Waals surface area contributed by atoms with Gasteiger partial charge in [0.05, 0.1) is 0 Å². The van der Waals surface area contributed by atoms with Gasteiger partial charge >= 0.3 is 0 Å². The summed E-state index contributed by atoms with van der Waals surface area (Å²) >= 11 is 7.39. The molecular formula is C46H44N4S4+4. The van der Waals surface area contributed by atoms with Crippen molar-refractivity contribution in [1.29, 1.82) is 0 Å². The van der Waals surface area contributed by atoms with Crippen molar-refractivity contribution in [2.45, 2.75) is 27.7 Å². The highest BCUT2D eigenvalue weighted by atomic mass is 32.1. The third-order valence-corrected chi connectivity index (χ3v) is 13.8. The zero-order valence-electron chi connectivity index (χ0n) is 32.0. The average molecular weight is 781 g/mol. The molecule has 0 unspecified atom stereocenters. The molecule has 0 aliphatic rings. The van der Waals surface area contributed by atoms with Gasteiger partial charge in [0, 0.05) is 122 Å². The minimum absolute atomic E-state index is 1.21. The van der Waals surface area contributed by atoms with Crippen LogP contribution in [-0.2, 0) is 28.2 Å². The van der Waals surface area contributed by atoms with Crippen molar-refractivity contribution >= 4 is 56.5 Å². The molecule has 0 aliphatic heterocycles. The molecule has 0 atom stereocenters. The molecule has 0 aromatic carbocycles. The molecule has 0 spiro atoms. The summed E-state index contributed by atoms with van der Waals surface area (Å²) in [4.78, 5) is 5.22. The van der Waals surface area contributed by atoms with Crippen LogP contribution in [0.1, 0.15) is 41.8 Å². The Morgan fingerprint density at radius 1 is 0.370 bits per heavy atom. The maximum atomic E-state index is 2.37. The van der Waals surface area contributed by atoms with Crippen molar-refractivity contribution in [3.8, 4) is 44.5 Å². The van der Waals surface area contributed by atoms with Gasteiger partial charge in [-0.1, -0.05) is 0 Å². The monoisotopic (exact) mass is 780 g/mol. The van der Waals surface area contributed by atoms with Crippen LogP contribution in [0.5, 0.6) is 0 Å². The molecular weight excluding hydrogens is 737 g/mol. The molecule has 0 radical (unpaired) electrons. The van der Waals surface area contributed by atoms with Gasteiger partial charge < -0.3 is 0 Å². The molecule has 8 aromatic heterocycles. The highest BCUT2D eigenvalue weighted by molar-refractivity contribution is 7.12. The van der Waals surface area contributed by atoms with Gasteiger partial charge in [0.2, 0.25) is 0 Å². The molecule has 4 nitrogen and oxygen atoms in total. The lowest BCUT2D eigenvalue weighted by molar-refractivity contribution is -0.671. The predicted octanol–water partition coefficient (Wildman–Crippen LogP) is 10.1. The van der Waals surface area contributed by atoms with Crippen LogP contribution in [0.4, 0.5) is 0 Å². The third-order valence-electron chi connectivity index (χ3n) is 10.2. The largest absolute Gasteiger partial charge is 0.207 e. The van der Waals surface area contributed by atoms with E-state index in [2.05, 4.69) is 194 Å². The van der Waals surface area contributed by atoms with Gasteiger partial charge in [-0.3, -0.25) is 0 Å². The zero-order valence-corrected chi connectivity index (χ0v) is 35.2. The summed E-state index contributed by atoms with van der Waals surface area (Å²) in [5.41, 5.74) is 17.7. The fourth-order valence-corrected chi connectivity index (χ4v) is 11.2. The number of hydrogen-bond donors (Lipinski definition) is 0. The van der Waals surface area contributed by atoms with Gasteiger partial charge in [-0.05, 0) is 73.5 Å². The number of pyridine rings is 4. The maximum Gasteiger partial charge on any atom is 0.176 e. The quantitative estimate of drug-likeness (QED) is 0.137. The van der Waals surface area contributed by atoms with Crippen LogP contribution >= 0.6 is 45.3 Å². The van der Waals surface area contributed by atoms with Crippen LogP contribution in [0.15, 0.2) is 120 Å². The molecule has 0 amide bonds. The molecule has 8 heteroatoms. The molecule has 0 fully saturated rings. The Morgan fingerprint density at radius 2 is 0.593 bits per heavy atom. The van der Waals surface area contributed by atoms with Gasteiger partial charge in [-0.25, -0.2) is 18.3 Å². The average Bonchev–Trinajstić information content (AvgIpc) is 3.93. The molecule has 0 saturated heterocycles. The van der Waals surface area contributed by atoms with Crippen molar-refractivity contribution in [2.75, 3.05) is 0 Å². The first-order chi connectivity index (χ1) is 26.1. The minimum atomic E-state index is 1.21. The van der Waals surface area contributed by atoms with E-state index in [0.29, 0.717) is 0 Å². The Bertz CT molecular complexity index is 2350. The smallest absolute Gasteiger partial charge is 0.176 e. The molecule has 0 bridgehead atoms. The number of thiophene rings is 4. The summed E-state index contributed by atoms with van der Waals surface area (Å²) in [5, 5.41) is 9.49. The van der Waals surface area contributed by atoms with Crippen molar-refractivity contribution in [3.05, 3.63) is 161 Å². The van der Waals surface area contributed by atoms with Crippen molar-refractivity contribution in [2.24, 2.45) is 28.2 Å². The van der Waals surface area contributed by atoms with Gasteiger partial charge in [-0.2, -0.15) is 0 Å². The highest BCUT2D eigenvalue weighted by Gasteiger charge is 2.32. The Labute approximate surface area is 334 Å². The van der Waals surface area contributed by atoms with Gasteiger partial charge in [0.1, 0.15) is 28.2 Å². The van der Waals surface area contributed by atoms with E-state index >= 15 is 0 Å². The number of nitrogens with zero attached hydrogens (tertiary/aromatic N) is 4. The van der Waals surface area contributed by atoms with E-state index in [4.69, 9.17) is 0 Å². The lowest BCUT2D eigenvalue weighted by atomic mass is 9.79. The summed E-state index contributed by atoms with van der Waals surface area (Å²) in [6, 6.07) is 17.7. The molecule has 0 saturated carbocycles. The Morgan fingerprint density at radius 3 is 0.796 bits per heavy atom. The first-order valence-corrected chi connectivity index (χ1v) is 21.5. The molecule has 8 aromatic rings. The minimum Gasteiger partial charge on any atom is -0.207 e.